The lowest BCUT2D eigenvalue weighted by atomic mass is 9.70. The molecule has 2 aliphatic rings. The van der Waals surface area contributed by atoms with Crippen molar-refractivity contribution in [3.63, 3.8) is 0 Å². The number of ether oxygens (including phenoxy) is 1. The van der Waals surface area contributed by atoms with Crippen LogP contribution in [-0.2, 0) is 20.8 Å². The molecule has 2 atom stereocenters. The van der Waals surface area contributed by atoms with Crippen LogP contribution in [0.25, 0.3) is 5.57 Å². The van der Waals surface area contributed by atoms with Crippen LogP contribution in [0.5, 0.6) is 5.75 Å². The molecule has 1 aromatic rings. The first-order chi connectivity index (χ1) is 13.9. The normalized spacial score (nSPS) is 21.2. The average molecular weight is 451 g/mol. The zero-order valence-electron chi connectivity index (χ0n) is 16.4. The molecule has 0 heterocycles. The fourth-order valence-corrected chi connectivity index (χ4v) is 4.63. The third-order valence-corrected chi connectivity index (χ3v) is 6.75. The topological polar surface area (TPSA) is 101 Å². The number of benzene rings is 1. The number of allylic oxidation sites excluding steroid dienone is 2. The van der Waals surface area contributed by atoms with E-state index in [9.17, 15) is 24.6 Å². The number of rotatable bonds is 6. The van der Waals surface area contributed by atoms with Gasteiger partial charge in [-0.3, -0.25) is 9.59 Å². The van der Waals surface area contributed by atoms with E-state index in [0.29, 0.717) is 31.2 Å². The Balaban J connectivity index is 2.11. The number of terminal acetylenes is 1. The zero-order chi connectivity index (χ0) is 22.4. The number of carboxylic acids is 2. The van der Waals surface area contributed by atoms with Crippen molar-refractivity contribution in [2.75, 3.05) is 0 Å². The number of ketones is 1. The third-order valence-electron chi connectivity index (χ3n) is 5.90. The lowest BCUT2D eigenvalue weighted by Gasteiger charge is -2.32. The third kappa shape index (κ3) is 3.46. The number of aliphatic carboxylic acids is 2. The van der Waals surface area contributed by atoms with E-state index in [1.54, 1.807) is 12.1 Å². The fourth-order valence-electron chi connectivity index (χ4n) is 4.12. The minimum atomic E-state index is -1.73. The summed E-state index contributed by atoms with van der Waals surface area (Å²) < 4.78 is 5.58. The predicted octanol–water partition coefficient (Wildman–Crippen LogP) is 4.25. The molecule has 2 N–H and O–H groups in total. The van der Waals surface area contributed by atoms with Gasteiger partial charge in [-0.2, -0.15) is 0 Å². The molecule has 1 aromatic carbocycles. The maximum absolute atomic E-state index is 12.1. The Morgan fingerprint density at radius 3 is 2.57 bits per heavy atom. The average Bonchev–Trinajstić information content (AvgIpc) is 2.96. The molecule has 0 aromatic heterocycles. The van der Waals surface area contributed by atoms with Crippen molar-refractivity contribution in [2.45, 2.75) is 45.6 Å². The van der Waals surface area contributed by atoms with E-state index in [0.717, 1.165) is 11.1 Å². The van der Waals surface area contributed by atoms with Crippen LogP contribution in [0.1, 0.15) is 44.2 Å². The van der Waals surface area contributed by atoms with E-state index in [2.05, 4.69) is 5.92 Å². The molecule has 0 spiro atoms. The molecular formula is C22H20Cl2O6. The van der Waals surface area contributed by atoms with Crippen molar-refractivity contribution in [3.05, 3.63) is 33.3 Å². The first-order valence-electron chi connectivity index (χ1n) is 9.27. The van der Waals surface area contributed by atoms with E-state index in [4.69, 9.17) is 34.4 Å². The molecule has 3 rings (SSSR count). The van der Waals surface area contributed by atoms with Gasteiger partial charge in [0, 0.05) is 23.8 Å². The Labute approximate surface area is 183 Å². The summed E-state index contributed by atoms with van der Waals surface area (Å²) in [5, 5.41) is 19.0. The molecule has 0 bridgehead atoms. The SMILES string of the molecule is C#CCC12CCC(=O)C=C1c1c(cc(OC(C(=O)O)C(C)(C)C(=O)O)c(Cl)c1Cl)C2. The standard InChI is InChI=1S/C22H20Cl2O6/c1-4-6-22-7-5-12(25)9-13(22)15-11(10-22)8-14(16(23)17(15)24)30-18(19(26)27)21(2,3)20(28)29/h1,8-9,18H,5-7,10H2,2-3H3,(H,26,27)(H,28,29). The van der Waals surface area contributed by atoms with Crippen LogP contribution in [0.3, 0.4) is 0 Å². The van der Waals surface area contributed by atoms with E-state index in [1.165, 1.54) is 13.8 Å². The van der Waals surface area contributed by atoms with E-state index in [1.807, 2.05) is 0 Å². The van der Waals surface area contributed by atoms with Gasteiger partial charge in [-0.05, 0) is 50.0 Å². The van der Waals surface area contributed by atoms with Crippen molar-refractivity contribution >= 4 is 46.5 Å². The lowest BCUT2D eigenvalue weighted by Crippen LogP contribution is -2.46. The summed E-state index contributed by atoms with van der Waals surface area (Å²) in [4.78, 5) is 35.4. The van der Waals surface area contributed by atoms with Crippen LogP contribution in [0.2, 0.25) is 10.0 Å². The van der Waals surface area contributed by atoms with Gasteiger partial charge in [-0.15, -0.1) is 12.3 Å². The quantitative estimate of drug-likeness (QED) is 0.628. The second-order valence-electron chi connectivity index (χ2n) is 8.26. The first-order valence-corrected chi connectivity index (χ1v) is 10.0. The van der Waals surface area contributed by atoms with Crippen LogP contribution in [0.15, 0.2) is 12.1 Å². The van der Waals surface area contributed by atoms with E-state index in [-0.39, 0.29) is 21.6 Å². The van der Waals surface area contributed by atoms with E-state index >= 15 is 0 Å². The highest BCUT2D eigenvalue weighted by atomic mass is 35.5. The summed E-state index contributed by atoms with van der Waals surface area (Å²) in [6.45, 7) is 2.51. The number of carbonyl (C=O) groups is 3. The Kier molecular flexibility index (Phi) is 5.66. The minimum Gasteiger partial charge on any atom is -0.481 e. The molecule has 8 heteroatoms. The Morgan fingerprint density at radius 2 is 2.00 bits per heavy atom. The van der Waals surface area contributed by atoms with Gasteiger partial charge < -0.3 is 14.9 Å². The van der Waals surface area contributed by atoms with Crippen molar-refractivity contribution < 1.29 is 29.3 Å². The molecule has 6 nitrogen and oxygen atoms in total. The highest BCUT2D eigenvalue weighted by molar-refractivity contribution is 6.44. The predicted molar refractivity (Wildman–Crippen MR) is 112 cm³/mol. The summed E-state index contributed by atoms with van der Waals surface area (Å²) in [7, 11) is 0. The van der Waals surface area contributed by atoms with Crippen LogP contribution >= 0.6 is 23.2 Å². The van der Waals surface area contributed by atoms with Crippen LogP contribution in [0, 0.1) is 23.2 Å². The zero-order valence-corrected chi connectivity index (χ0v) is 17.9. The van der Waals surface area contributed by atoms with Gasteiger partial charge >= 0.3 is 11.9 Å². The maximum atomic E-state index is 12.1. The number of hydrogen-bond acceptors (Lipinski definition) is 4. The van der Waals surface area contributed by atoms with Gasteiger partial charge in [0.05, 0.1) is 5.02 Å². The molecule has 2 aliphatic carbocycles. The highest BCUT2D eigenvalue weighted by Gasteiger charge is 2.47. The summed E-state index contributed by atoms with van der Waals surface area (Å²) in [6.07, 6.45) is 7.30. The molecule has 0 radical (unpaired) electrons. The molecule has 0 amide bonds. The largest absolute Gasteiger partial charge is 0.481 e. The smallest absolute Gasteiger partial charge is 0.346 e. The van der Waals surface area contributed by atoms with Crippen molar-refractivity contribution in [1.29, 1.82) is 0 Å². The van der Waals surface area contributed by atoms with Crippen LogP contribution in [0.4, 0.5) is 0 Å². The molecule has 0 aliphatic heterocycles. The van der Waals surface area contributed by atoms with Gasteiger partial charge in [-0.1, -0.05) is 23.2 Å². The van der Waals surface area contributed by atoms with Crippen molar-refractivity contribution in [3.8, 4) is 18.1 Å². The number of halogens is 2. The molecule has 158 valence electrons. The summed E-state index contributed by atoms with van der Waals surface area (Å²) in [5.41, 5.74) is -0.0856. The number of carboxylic acid groups (broad SMARTS) is 2. The van der Waals surface area contributed by atoms with Crippen LogP contribution in [-0.4, -0.2) is 34.0 Å². The fraction of sp³-hybridized carbons (Fsp3) is 0.409. The van der Waals surface area contributed by atoms with Gasteiger partial charge in [0.15, 0.2) is 5.78 Å². The summed E-state index contributed by atoms with van der Waals surface area (Å²) >= 11 is 12.9. The number of hydrogen-bond donors (Lipinski definition) is 2. The number of fused-ring (bicyclic) bond motifs is 3. The van der Waals surface area contributed by atoms with Gasteiger partial charge in [0.1, 0.15) is 16.2 Å². The van der Waals surface area contributed by atoms with Crippen molar-refractivity contribution in [1.82, 2.24) is 0 Å². The van der Waals surface area contributed by atoms with Gasteiger partial charge in [0.25, 0.3) is 0 Å². The lowest BCUT2D eigenvalue weighted by molar-refractivity contribution is -0.164. The Hall–Kier alpha value is -2.49. The molecule has 0 fully saturated rings. The summed E-state index contributed by atoms with van der Waals surface area (Å²) in [5.74, 6) is -0.147. The Morgan fingerprint density at radius 1 is 1.33 bits per heavy atom. The highest BCUT2D eigenvalue weighted by Crippen LogP contribution is 2.57. The number of carbonyl (C=O) groups excluding carboxylic acids is 1. The Bertz CT molecular complexity index is 1030. The minimum absolute atomic E-state index is 0.0211. The van der Waals surface area contributed by atoms with Gasteiger partial charge in [0.2, 0.25) is 6.10 Å². The molecule has 30 heavy (non-hydrogen) atoms. The molecular weight excluding hydrogens is 431 g/mol. The second-order valence-corrected chi connectivity index (χ2v) is 9.02. The molecule has 0 saturated heterocycles. The summed E-state index contributed by atoms with van der Waals surface area (Å²) in [6, 6.07) is 1.57. The molecule has 0 saturated carbocycles. The molecule has 2 unspecified atom stereocenters. The van der Waals surface area contributed by atoms with Gasteiger partial charge in [-0.25, -0.2) is 4.79 Å². The van der Waals surface area contributed by atoms with Crippen molar-refractivity contribution in [2.24, 2.45) is 10.8 Å². The van der Waals surface area contributed by atoms with E-state index < -0.39 is 28.9 Å². The maximum Gasteiger partial charge on any atom is 0.346 e. The van der Waals surface area contributed by atoms with Crippen LogP contribution < -0.4 is 4.74 Å². The first kappa shape index (κ1) is 22.2. The second kappa shape index (κ2) is 7.64. The monoisotopic (exact) mass is 450 g/mol.